The van der Waals surface area contributed by atoms with Crippen LogP contribution in [0.5, 0.6) is 0 Å². The van der Waals surface area contributed by atoms with Crippen molar-refractivity contribution >= 4 is 29.7 Å². The van der Waals surface area contributed by atoms with Crippen molar-refractivity contribution in [2.24, 2.45) is 5.92 Å². The molecule has 2 aliphatic carbocycles. The highest BCUT2D eigenvalue weighted by atomic mass is 32.2. The third-order valence-corrected chi connectivity index (χ3v) is 7.37. The smallest absolute Gasteiger partial charge is 0.407 e. The Morgan fingerprint density at radius 1 is 1.06 bits per heavy atom. The van der Waals surface area contributed by atoms with Gasteiger partial charge in [0.15, 0.2) is 0 Å². The van der Waals surface area contributed by atoms with Gasteiger partial charge in [-0.2, -0.15) is 11.8 Å². The van der Waals surface area contributed by atoms with Crippen LogP contribution in [0.15, 0.2) is 48.5 Å². The van der Waals surface area contributed by atoms with Gasteiger partial charge in [0, 0.05) is 12.0 Å². The largest absolute Gasteiger partial charge is 0.480 e. The maximum atomic E-state index is 12.8. The Hall–Kier alpha value is -3.00. The molecule has 0 radical (unpaired) electrons. The van der Waals surface area contributed by atoms with E-state index in [0.717, 1.165) is 28.7 Å². The van der Waals surface area contributed by atoms with Gasteiger partial charge in [0.25, 0.3) is 0 Å². The van der Waals surface area contributed by atoms with Crippen LogP contribution in [0.1, 0.15) is 42.7 Å². The number of alkyl carbamates (subject to hydrolysis) is 1. The Morgan fingerprint density at radius 2 is 1.71 bits per heavy atom. The van der Waals surface area contributed by atoms with Gasteiger partial charge < -0.3 is 20.5 Å². The van der Waals surface area contributed by atoms with Crippen molar-refractivity contribution in [2.45, 2.75) is 43.7 Å². The molecule has 2 amide bonds. The molecular weight excluding hydrogens is 452 g/mol. The summed E-state index contributed by atoms with van der Waals surface area (Å²) in [6, 6.07) is 15.0. The summed E-state index contributed by atoms with van der Waals surface area (Å²) < 4.78 is 5.62. The molecule has 0 heterocycles. The second-order valence-corrected chi connectivity index (χ2v) is 9.78. The van der Waals surface area contributed by atoms with Gasteiger partial charge in [-0.1, -0.05) is 55.0 Å². The molecule has 180 valence electrons. The topological polar surface area (TPSA) is 105 Å². The number of fused-ring (bicyclic) bond motifs is 3. The molecule has 34 heavy (non-hydrogen) atoms. The summed E-state index contributed by atoms with van der Waals surface area (Å²) in [4.78, 5) is 36.9. The molecule has 4 rings (SSSR count). The minimum Gasteiger partial charge on any atom is -0.480 e. The highest BCUT2D eigenvalue weighted by Gasteiger charge is 2.36. The van der Waals surface area contributed by atoms with Gasteiger partial charge in [-0.3, -0.25) is 4.79 Å². The van der Waals surface area contributed by atoms with Crippen LogP contribution in [-0.2, 0) is 14.3 Å². The number of carbonyl (C=O) groups is 3. The van der Waals surface area contributed by atoms with Gasteiger partial charge in [-0.25, -0.2) is 9.59 Å². The number of carbonyl (C=O) groups excluding carboxylic acids is 2. The van der Waals surface area contributed by atoms with E-state index in [1.165, 1.54) is 11.8 Å². The van der Waals surface area contributed by atoms with Gasteiger partial charge in [0.1, 0.15) is 12.6 Å². The number of carboxylic acid groups (broad SMARTS) is 1. The third-order valence-electron chi connectivity index (χ3n) is 6.72. The van der Waals surface area contributed by atoms with E-state index in [0.29, 0.717) is 25.0 Å². The Morgan fingerprint density at radius 3 is 2.32 bits per heavy atom. The second kappa shape index (κ2) is 11.0. The van der Waals surface area contributed by atoms with Crippen molar-refractivity contribution in [3.63, 3.8) is 0 Å². The predicted molar refractivity (Wildman–Crippen MR) is 132 cm³/mol. The molecule has 2 aromatic carbocycles. The molecule has 7 nitrogen and oxygen atoms in total. The highest BCUT2D eigenvalue weighted by Crippen LogP contribution is 2.44. The van der Waals surface area contributed by atoms with Gasteiger partial charge in [-0.05, 0) is 53.5 Å². The van der Waals surface area contributed by atoms with Crippen LogP contribution < -0.4 is 10.6 Å². The van der Waals surface area contributed by atoms with Gasteiger partial charge in [0.05, 0.1) is 5.92 Å². The molecule has 0 aromatic heterocycles. The second-order valence-electron chi connectivity index (χ2n) is 8.79. The zero-order valence-corrected chi connectivity index (χ0v) is 20.0. The van der Waals surface area contributed by atoms with Crippen LogP contribution >= 0.6 is 11.8 Å². The van der Waals surface area contributed by atoms with Gasteiger partial charge >= 0.3 is 12.1 Å². The van der Waals surface area contributed by atoms with Crippen LogP contribution in [0.3, 0.4) is 0 Å². The Labute approximate surface area is 203 Å². The molecular formula is C26H30N2O5S. The predicted octanol–water partition coefficient (Wildman–Crippen LogP) is 4.02. The lowest BCUT2D eigenvalue weighted by Crippen LogP contribution is -2.49. The fourth-order valence-corrected chi connectivity index (χ4v) is 5.48. The minimum atomic E-state index is -1.04. The number of hydrogen-bond acceptors (Lipinski definition) is 5. The van der Waals surface area contributed by atoms with Crippen molar-refractivity contribution in [3.8, 4) is 11.1 Å². The van der Waals surface area contributed by atoms with E-state index in [4.69, 9.17) is 4.74 Å². The van der Waals surface area contributed by atoms with Crippen molar-refractivity contribution in [1.29, 1.82) is 0 Å². The third kappa shape index (κ3) is 5.22. The Balaban J connectivity index is 1.35. The lowest BCUT2D eigenvalue weighted by Gasteiger charge is -2.23. The number of amides is 2. The number of nitrogens with one attached hydrogen (secondary N) is 2. The van der Waals surface area contributed by atoms with E-state index >= 15 is 0 Å². The van der Waals surface area contributed by atoms with Crippen molar-refractivity contribution in [2.75, 3.05) is 18.6 Å². The number of thioether (sulfide) groups is 1. The fourth-order valence-electron chi connectivity index (χ4n) is 5.01. The maximum Gasteiger partial charge on any atom is 0.407 e. The quantitative estimate of drug-likeness (QED) is 0.499. The molecule has 0 saturated heterocycles. The van der Waals surface area contributed by atoms with Crippen molar-refractivity contribution < 1.29 is 24.2 Å². The van der Waals surface area contributed by atoms with Crippen molar-refractivity contribution in [3.05, 3.63) is 59.7 Å². The summed E-state index contributed by atoms with van der Waals surface area (Å²) in [6.45, 7) is 0.208. The number of rotatable bonds is 9. The first kappa shape index (κ1) is 24.1. The lowest BCUT2D eigenvalue weighted by atomic mass is 9.98. The average molecular weight is 483 g/mol. The molecule has 0 bridgehead atoms. The zero-order valence-electron chi connectivity index (χ0n) is 19.2. The summed E-state index contributed by atoms with van der Waals surface area (Å²) >= 11 is 1.53. The molecule has 2 aliphatic rings. The summed E-state index contributed by atoms with van der Waals surface area (Å²) in [5, 5.41) is 14.9. The van der Waals surface area contributed by atoms with Crippen LogP contribution in [0, 0.1) is 5.92 Å². The molecule has 1 fully saturated rings. The number of carboxylic acids is 1. The average Bonchev–Trinajstić information content (AvgIpc) is 3.42. The molecule has 3 N–H and O–H groups in total. The van der Waals surface area contributed by atoms with Crippen molar-refractivity contribution in [1.82, 2.24) is 10.6 Å². The molecule has 8 heteroatoms. The van der Waals surface area contributed by atoms with E-state index < -0.39 is 24.0 Å². The SMILES string of the molecule is CSCCC(NC(=O)C1CCCC1NC(=O)OCC1c2ccccc2-c2ccccc21)C(=O)O. The first-order valence-electron chi connectivity index (χ1n) is 11.6. The maximum absolute atomic E-state index is 12.8. The van der Waals surface area contributed by atoms with E-state index in [1.807, 2.05) is 30.5 Å². The normalized spacial score (nSPS) is 19.7. The van der Waals surface area contributed by atoms with Gasteiger partial charge in [0.2, 0.25) is 5.91 Å². The number of ether oxygens (including phenoxy) is 1. The van der Waals surface area contributed by atoms with Crippen LogP contribution in [0.4, 0.5) is 4.79 Å². The summed E-state index contributed by atoms with van der Waals surface area (Å²) in [6.07, 6.45) is 3.75. The standard InChI is InChI=1S/C26H30N2O5S/c1-34-14-13-23(25(30)31)27-24(29)20-11-6-12-22(20)28-26(32)33-15-21-18-9-4-2-7-16(18)17-8-3-5-10-19(17)21/h2-5,7-10,20-23H,6,11-15H2,1H3,(H,27,29)(H,28,32)(H,30,31). The first-order valence-corrected chi connectivity index (χ1v) is 13.0. The van der Waals surface area contributed by atoms with E-state index in [9.17, 15) is 19.5 Å². The lowest BCUT2D eigenvalue weighted by molar-refractivity contribution is -0.142. The number of hydrogen-bond donors (Lipinski definition) is 3. The minimum absolute atomic E-state index is 0.0337. The Bertz CT molecular complexity index is 1010. The molecule has 0 spiro atoms. The van der Waals surface area contributed by atoms with E-state index in [2.05, 4.69) is 34.9 Å². The number of benzene rings is 2. The van der Waals surface area contributed by atoms with Crippen LogP contribution in [0.25, 0.3) is 11.1 Å². The first-order chi connectivity index (χ1) is 16.5. The summed E-state index contributed by atoms with van der Waals surface area (Å²) in [7, 11) is 0. The highest BCUT2D eigenvalue weighted by molar-refractivity contribution is 7.98. The molecule has 2 aromatic rings. The van der Waals surface area contributed by atoms with Crippen LogP contribution in [0.2, 0.25) is 0 Å². The van der Waals surface area contributed by atoms with E-state index in [1.54, 1.807) is 0 Å². The molecule has 3 unspecified atom stereocenters. The van der Waals surface area contributed by atoms with Crippen LogP contribution in [-0.4, -0.2) is 53.8 Å². The monoisotopic (exact) mass is 482 g/mol. The summed E-state index contributed by atoms with van der Waals surface area (Å²) in [5.41, 5.74) is 4.60. The Kier molecular flexibility index (Phi) is 7.77. The molecule has 1 saturated carbocycles. The number of aliphatic carboxylic acids is 1. The fraction of sp³-hybridized carbons (Fsp3) is 0.423. The van der Waals surface area contributed by atoms with Gasteiger partial charge in [-0.15, -0.1) is 0 Å². The zero-order chi connectivity index (χ0) is 24.1. The van der Waals surface area contributed by atoms with E-state index in [-0.39, 0.29) is 24.5 Å². The molecule has 0 aliphatic heterocycles. The molecule has 3 atom stereocenters. The summed E-state index contributed by atoms with van der Waals surface area (Å²) in [5.74, 6) is -1.22.